The predicted octanol–water partition coefficient (Wildman–Crippen LogP) is 2.47. The van der Waals surface area contributed by atoms with Gasteiger partial charge >= 0.3 is 6.03 Å². The normalized spacial score (nSPS) is 12.8. The Morgan fingerprint density at radius 2 is 2.05 bits per heavy atom. The third kappa shape index (κ3) is 6.34. The summed E-state index contributed by atoms with van der Waals surface area (Å²) in [5, 5.41) is 18.1. The van der Waals surface area contributed by atoms with Crippen LogP contribution in [-0.2, 0) is 6.54 Å². The molecule has 0 saturated heterocycles. The Balaban J connectivity index is 2.25. The summed E-state index contributed by atoms with van der Waals surface area (Å²) in [5.74, 6) is 0.827. The Hall–Kier alpha value is -1.14. The first-order valence-corrected chi connectivity index (χ1v) is 7.90. The van der Waals surface area contributed by atoms with E-state index in [0.29, 0.717) is 24.8 Å². The van der Waals surface area contributed by atoms with Crippen molar-refractivity contribution in [1.29, 1.82) is 0 Å². The van der Waals surface area contributed by atoms with Gasteiger partial charge in [-0.15, -0.1) is 11.3 Å². The first kappa shape index (κ1) is 16.9. The van der Waals surface area contributed by atoms with Crippen LogP contribution in [0.15, 0.2) is 5.38 Å². The summed E-state index contributed by atoms with van der Waals surface area (Å²) in [5.41, 5.74) is 0.872. The minimum atomic E-state index is -0.493. The number of amides is 2. The molecule has 5 nitrogen and oxygen atoms in total. The van der Waals surface area contributed by atoms with Crippen molar-refractivity contribution >= 4 is 17.4 Å². The van der Waals surface area contributed by atoms with Crippen LogP contribution in [0.2, 0.25) is 0 Å². The van der Waals surface area contributed by atoms with Crippen molar-refractivity contribution < 1.29 is 9.90 Å². The fourth-order valence-electron chi connectivity index (χ4n) is 1.74. The molecule has 1 aromatic rings. The summed E-state index contributed by atoms with van der Waals surface area (Å²) in [4.78, 5) is 16.0. The average Bonchev–Trinajstić information content (AvgIpc) is 2.82. The van der Waals surface area contributed by atoms with E-state index in [9.17, 15) is 9.90 Å². The topological polar surface area (TPSA) is 74.2 Å². The van der Waals surface area contributed by atoms with Gasteiger partial charge in [-0.25, -0.2) is 9.78 Å². The van der Waals surface area contributed by atoms with Crippen molar-refractivity contribution in [3.8, 4) is 0 Å². The second-order valence-corrected chi connectivity index (χ2v) is 6.57. The van der Waals surface area contributed by atoms with Crippen LogP contribution in [0.25, 0.3) is 0 Å². The molecule has 1 aromatic heterocycles. The second-order valence-electron chi connectivity index (χ2n) is 5.68. The lowest BCUT2D eigenvalue weighted by molar-refractivity contribution is 0.147. The Morgan fingerprint density at radius 3 is 2.60 bits per heavy atom. The maximum absolute atomic E-state index is 11.6. The maximum atomic E-state index is 11.6. The van der Waals surface area contributed by atoms with Gasteiger partial charge in [0.05, 0.1) is 23.4 Å². The summed E-state index contributed by atoms with van der Waals surface area (Å²) >= 11 is 1.61. The third-order valence-corrected chi connectivity index (χ3v) is 3.93. The Kier molecular flexibility index (Phi) is 6.95. The van der Waals surface area contributed by atoms with Crippen LogP contribution in [0.3, 0.4) is 0 Å². The van der Waals surface area contributed by atoms with E-state index in [1.165, 1.54) is 0 Å². The van der Waals surface area contributed by atoms with Crippen molar-refractivity contribution in [3.63, 3.8) is 0 Å². The van der Waals surface area contributed by atoms with Gasteiger partial charge in [0.25, 0.3) is 0 Å². The van der Waals surface area contributed by atoms with E-state index in [1.54, 1.807) is 11.3 Å². The molecule has 1 heterocycles. The smallest absolute Gasteiger partial charge is 0.315 e. The summed E-state index contributed by atoms with van der Waals surface area (Å²) in [6, 6.07) is -0.271. The zero-order chi connectivity index (χ0) is 15.1. The van der Waals surface area contributed by atoms with Gasteiger partial charge in [0.1, 0.15) is 0 Å². The molecule has 0 fully saturated rings. The fraction of sp³-hybridized carbons (Fsp3) is 0.714. The molecule has 0 saturated carbocycles. The number of aromatic nitrogens is 1. The molecule has 3 N–H and O–H groups in total. The van der Waals surface area contributed by atoms with Crippen LogP contribution >= 0.6 is 11.3 Å². The predicted molar refractivity (Wildman–Crippen MR) is 81.9 cm³/mol. The fourth-order valence-corrected chi connectivity index (χ4v) is 2.58. The van der Waals surface area contributed by atoms with E-state index < -0.39 is 6.10 Å². The van der Waals surface area contributed by atoms with Gasteiger partial charge in [0.2, 0.25) is 0 Å². The zero-order valence-corrected chi connectivity index (χ0v) is 13.5. The van der Waals surface area contributed by atoms with E-state index in [-0.39, 0.29) is 12.6 Å². The molecule has 0 aliphatic carbocycles. The average molecular weight is 299 g/mol. The highest BCUT2D eigenvalue weighted by Gasteiger charge is 2.10. The molecule has 20 heavy (non-hydrogen) atoms. The van der Waals surface area contributed by atoms with Gasteiger partial charge in [0.15, 0.2) is 0 Å². The van der Waals surface area contributed by atoms with Gasteiger partial charge in [-0.1, -0.05) is 27.7 Å². The van der Waals surface area contributed by atoms with Crippen molar-refractivity contribution in [1.82, 2.24) is 15.6 Å². The molecule has 0 bridgehead atoms. The van der Waals surface area contributed by atoms with Gasteiger partial charge in [0, 0.05) is 17.8 Å². The number of thiazole rings is 1. The van der Waals surface area contributed by atoms with Crippen molar-refractivity contribution in [2.24, 2.45) is 5.92 Å². The van der Waals surface area contributed by atoms with Gasteiger partial charge < -0.3 is 15.7 Å². The molecule has 0 aliphatic rings. The molecule has 1 unspecified atom stereocenters. The monoisotopic (exact) mass is 299 g/mol. The van der Waals surface area contributed by atoms with Crippen LogP contribution < -0.4 is 10.6 Å². The number of rotatable bonds is 7. The molecular formula is C14H25N3O2S. The Bertz CT molecular complexity index is 418. The van der Waals surface area contributed by atoms with E-state index in [4.69, 9.17) is 0 Å². The summed E-state index contributed by atoms with van der Waals surface area (Å²) < 4.78 is 0. The number of nitrogens with one attached hydrogen (secondary N) is 2. The van der Waals surface area contributed by atoms with Crippen LogP contribution in [0, 0.1) is 5.92 Å². The summed E-state index contributed by atoms with van der Waals surface area (Å²) in [7, 11) is 0. The molecular weight excluding hydrogens is 274 g/mol. The number of carbonyl (C=O) groups is 1. The number of hydrogen-bond donors (Lipinski definition) is 3. The summed E-state index contributed by atoms with van der Waals surface area (Å²) in [6.07, 6.45) is 0.192. The third-order valence-electron chi connectivity index (χ3n) is 2.74. The van der Waals surface area contributed by atoms with Crippen LogP contribution in [0.5, 0.6) is 0 Å². The number of urea groups is 1. The van der Waals surface area contributed by atoms with E-state index in [1.807, 2.05) is 19.2 Å². The number of nitrogens with zero attached hydrogens (tertiary/aromatic N) is 1. The minimum Gasteiger partial charge on any atom is -0.391 e. The lowest BCUT2D eigenvalue weighted by atomic mass is 10.1. The Morgan fingerprint density at radius 1 is 1.35 bits per heavy atom. The lowest BCUT2D eigenvalue weighted by Gasteiger charge is -2.14. The highest BCUT2D eigenvalue weighted by atomic mass is 32.1. The minimum absolute atomic E-state index is 0.271. The van der Waals surface area contributed by atoms with Crippen LogP contribution in [0.4, 0.5) is 4.79 Å². The van der Waals surface area contributed by atoms with Crippen molar-refractivity contribution in [3.05, 3.63) is 16.1 Å². The zero-order valence-electron chi connectivity index (χ0n) is 12.6. The number of carbonyl (C=O) groups excluding carboxylic acids is 1. The maximum Gasteiger partial charge on any atom is 0.315 e. The highest BCUT2D eigenvalue weighted by molar-refractivity contribution is 7.09. The molecule has 6 heteroatoms. The molecule has 1 atom stereocenters. The number of aliphatic hydroxyl groups is 1. The molecule has 0 aliphatic heterocycles. The van der Waals surface area contributed by atoms with Crippen LogP contribution in [-0.4, -0.2) is 28.8 Å². The van der Waals surface area contributed by atoms with E-state index in [0.717, 1.165) is 10.7 Å². The lowest BCUT2D eigenvalue weighted by Crippen LogP contribution is -2.39. The molecule has 2 amide bonds. The van der Waals surface area contributed by atoms with Crippen molar-refractivity contribution in [2.45, 2.75) is 52.7 Å². The standard InChI is InChI=1S/C14H25N3O2S/c1-9(2)5-12(18)7-16-14(19)15-6-11-8-20-13(17-11)10(3)4/h8-10,12,18H,5-7H2,1-4H3,(H2,15,16,19). The molecule has 0 spiro atoms. The Labute approximate surface area is 124 Å². The molecule has 114 valence electrons. The van der Waals surface area contributed by atoms with E-state index >= 15 is 0 Å². The first-order valence-electron chi connectivity index (χ1n) is 7.02. The van der Waals surface area contributed by atoms with Crippen LogP contribution in [0.1, 0.15) is 50.7 Å². The quantitative estimate of drug-likeness (QED) is 0.724. The van der Waals surface area contributed by atoms with Gasteiger partial charge in [-0.2, -0.15) is 0 Å². The highest BCUT2D eigenvalue weighted by Crippen LogP contribution is 2.18. The van der Waals surface area contributed by atoms with Gasteiger partial charge in [-0.05, 0) is 12.3 Å². The first-order chi connectivity index (χ1) is 9.38. The van der Waals surface area contributed by atoms with Crippen molar-refractivity contribution in [2.75, 3.05) is 6.54 Å². The molecule has 0 aromatic carbocycles. The second kappa shape index (κ2) is 8.21. The summed E-state index contributed by atoms with van der Waals surface area (Å²) in [6.45, 7) is 8.96. The number of aliphatic hydroxyl groups excluding tert-OH is 1. The van der Waals surface area contributed by atoms with Gasteiger partial charge in [-0.3, -0.25) is 0 Å². The number of hydrogen-bond acceptors (Lipinski definition) is 4. The SMILES string of the molecule is CC(C)CC(O)CNC(=O)NCc1csc(C(C)C)n1. The largest absolute Gasteiger partial charge is 0.391 e. The molecule has 0 radical (unpaired) electrons. The molecule has 1 rings (SSSR count). The van der Waals surface area contributed by atoms with E-state index in [2.05, 4.69) is 29.5 Å².